The molecule has 27 heavy (non-hydrogen) atoms. The van der Waals surface area contributed by atoms with Gasteiger partial charge >= 0.3 is 5.97 Å². The highest BCUT2D eigenvalue weighted by atomic mass is 35.5. The number of fused-ring (bicyclic) bond motifs is 1. The third-order valence-corrected chi connectivity index (χ3v) is 6.10. The number of aliphatic carboxylic acids is 1. The van der Waals surface area contributed by atoms with E-state index in [4.69, 9.17) is 16.3 Å². The van der Waals surface area contributed by atoms with Gasteiger partial charge in [0.15, 0.2) is 6.23 Å². The summed E-state index contributed by atoms with van der Waals surface area (Å²) in [6.45, 7) is 2.72. The number of nitrogens with zero attached hydrogens (tertiary/aromatic N) is 2. The smallest absolute Gasteiger partial charge is 0.335 e. The fraction of sp³-hybridized carbons (Fsp3) is 0.500. The summed E-state index contributed by atoms with van der Waals surface area (Å²) in [5.74, 6) is -1.58. The predicted molar refractivity (Wildman–Crippen MR) is 102 cm³/mol. The number of aliphatic hydroxyl groups is 1. The molecule has 4 rings (SSSR count). The van der Waals surface area contributed by atoms with Crippen LogP contribution in [-0.4, -0.2) is 32.6 Å². The molecule has 6 nitrogen and oxygen atoms in total. The fourth-order valence-electron chi connectivity index (χ4n) is 4.39. The highest BCUT2D eigenvalue weighted by Gasteiger charge is 2.37. The van der Waals surface area contributed by atoms with Crippen molar-refractivity contribution in [1.29, 1.82) is 0 Å². The number of halogens is 1. The molecule has 2 aliphatic rings. The van der Waals surface area contributed by atoms with Crippen LogP contribution in [-0.2, 0) is 9.53 Å². The molecule has 1 aliphatic carbocycles. The molecule has 1 aliphatic heterocycles. The molecule has 0 saturated carbocycles. The molecular formula is C20H23ClN2O4. The first-order chi connectivity index (χ1) is 13.0. The van der Waals surface area contributed by atoms with E-state index in [0.29, 0.717) is 24.5 Å². The number of carboxylic acids is 1. The Labute approximate surface area is 162 Å². The predicted octanol–water partition coefficient (Wildman–Crippen LogP) is 4.80. The van der Waals surface area contributed by atoms with Crippen LogP contribution in [0.4, 0.5) is 0 Å². The molecule has 0 spiro atoms. The van der Waals surface area contributed by atoms with Gasteiger partial charge in [0.1, 0.15) is 5.76 Å². The van der Waals surface area contributed by atoms with Crippen molar-refractivity contribution in [1.82, 2.24) is 9.78 Å². The van der Waals surface area contributed by atoms with Crippen LogP contribution in [0.25, 0.3) is 10.9 Å². The zero-order valence-corrected chi connectivity index (χ0v) is 15.9. The van der Waals surface area contributed by atoms with E-state index in [0.717, 1.165) is 35.7 Å². The molecular weight excluding hydrogens is 368 g/mol. The summed E-state index contributed by atoms with van der Waals surface area (Å²) in [5.41, 5.74) is 1.65. The lowest BCUT2D eigenvalue weighted by atomic mass is 9.74. The number of hydrogen-bond acceptors (Lipinski definition) is 4. The van der Waals surface area contributed by atoms with Crippen molar-refractivity contribution in [2.24, 2.45) is 5.92 Å². The van der Waals surface area contributed by atoms with Crippen molar-refractivity contribution >= 4 is 28.5 Å². The summed E-state index contributed by atoms with van der Waals surface area (Å²) in [5, 5.41) is 25.9. The minimum atomic E-state index is -1.10. The molecule has 0 amide bonds. The molecule has 7 heteroatoms. The highest BCUT2D eigenvalue weighted by molar-refractivity contribution is 6.32. The maximum Gasteiger partial charge on any atom is 0.335 e. The molecule has 1 aromatic carbocycles. The van der Waals surface area contributed by atoms with Gasteiger partial charge in [0, 0.05) is 29.4 Å². The third kappa shape index (κ3) is 3.11. The average Bonchev–Trinajstić information content (AvgIpc) is 3.08. The second-order valence-electron chi connectivity index (χ2n) is 7.46. The Kier molecular flexibility index (Phi) is 4.86. The van der Waals surface area contributed by atoms with Crippen LogP contribution in [0, 0.1) is 5.92 Å². The van der Waals surface area contributed by atoms with Crippen molar-refractivity contribution in [3.63, 3.8) is 0 Å². The van der Waals surface area contributed by atoms with Gasteiger partial charge < -0.3 is 14.9 Å². The van der Waals surface area contributed by atoms with Gasteiger partial charge in [-0.3, -0.25) is 0 Å². The minimum absolute atomic E-state index is 0.0457. The molecule has 1 fully saturated rings. The summed E-state index contributed by atoms with van der Waals surface area (Å²) >= 11 is 6.55. The fourth-order valence-corrected chi connectivity index (χ4v) is 4.68. The first kappa shape index (κ1) is 18.3. The molecule has 1 unspecified atom stereocenters. The number of aromatic nitrogens is 2. The van der Waals surface area contributed by atoms with Gasteiger partial charge in [-0.25, -0.2) is 9.48 Å². The summed E-state index contributed by atoms with van der Waals surface area (Å²) in [7, 11) is 0. The molecule has 144 valence electrons. The molecule has 3 atom stereocenters. The van der Waals surface area contributed by atoms with Gasteiger partial charge in [0.05, 0.1) is 17.3 Å². The Morgan fingerprint density at radius 3 is 2.85 bits per heavy atom. The molecule has 1 saturated heterocycles. The van der Waals surface area contributed by atoms with Crippen LogP contribution in [0.5, 0.6) is 0 Å². The summed E-state index contributed by atoms with van der Waals surface area (Å²) in [4.78, 5) is 11.9. The summed E-state index contributed by atoms with van der Waals surface area (Å²) < 4.78 is 7.73. The lowest BCUT2D eigenvalue weighted by Gasteiger charge is -2.31. The minimum Gasteiger partial charge on any atom is -0.512 e. The number of ether oxygens (including phenoxy) is 1. The van der Waals surface area contributed by atoms with Crippen molar-refractivity contribution in [3.8, 4) is 0 Å². The Morgan fingerprint density at radius 1 is 1.33 bits per heavy atom. The van der Waals surface area contributed by atoms with Crippen molar-refractivity contribution in [3.05, 3.63) is 40.2 Å². The first-order valence-corrected chi connectivity index (χ1v) is 9.79. The van der Waals surface area contributed by atoms with Gasteiger partial charge in [-0.15, -0.1) is 0 Å². The van der Waals surface area contributed by atoms with Gasteiger partial charge in [0.25, 0.3) is 0 Å². The molecule has 2 heterocycles. The topological polar surface area (TPSA) is 84.6 Å². The maximum atomic E-state index is 11.9. The van der Waals surface area contributed by atoms with E-state index >= 15 is 0 Å². The zero-order chi connectivity index (χ0) is 19.1. The van der Waals surface area contributed by atoms with E-state index < -0.39 is 11.9 Å². The lowest BCUT2D eigenvalue weighted by Crippen LogP contribution is -2.24. The SMILES string of the molecule is C[C@@H]1CCC(O)=C(C(=O)O)[C@H]1c1c(Cl)ccc2c1cnn2C1CCCCO1. The van der Waals surface area contributed by atoms with Crippen LogP contribution < -0.4 is 0 Å². The Hall–Kier alpha value is -2.05. The Bertz CT molecular complexity index is 914. The third-order valence-electron chi connectivity index (χ3n) is 5.77. The standard InChI is InChI=1S/C20H23ClN2O4/c1-11-5-8-15(24)19(20(25)26)17(11)18-12-10-22-23(14(12)7-6-13(18)21)16-4-2-3-9-27-16/h6-7,10-11,16-17,24H,2-5,8-9H2,1H3,(H,25,26)/t11-,16?,17-/m1/s1. The molecule has 0 bridgehead atoms. The van der Waals surface area contributed by atoms with Crippen LogP contribution in [0.15, 0.2) is 29.7 Å². The van der Waals surface area contributed by atoms with Crippen molar-refractivity contribution in [2.75, 3.05) is 6.61 Å². The number of carbonyl (C=O) groups is 1. The van der Waals surface area contributed by atoms with Crippen molar-refractivity contribution in [2.45, 2.75) is 51.2 Å². The lowest BCUT2D eigenvalue weighted by molar-refractivity contribution is -0.133. The second-order valence-corrected chi connectivity index (χ2v) is 7.87. The molecule has 2 N–H and O–H groups in total. The molecule has 1 aromatic heterocycles. The van der Waals surface area contributed by atoms with E-state index in [9.17, 15) is 15.0 Å². The Balaban J connectivity index is 1.88. The van der Waals surface area contributed by atoms with Crippen LogP contribution >= 0.6 is 11.6 Å². The average molecular weight is 391 g/mol. The normalized spacial score (nSPS) is 26.5. The van der Waals surface area contributed by atoms with Gasteiger partial charge in [-0.2, -0.15) is 5.10 Å². The van der Waals surface area contributed by atoms with Gasteiger partial charge in [0.2, 0.25) is 0 Å². The number of rotatable bonds is 3. The first-order valence-electron chi connectivity index (χ1n) is 9.41. The van der Waals surface area contributed by atoms with E-state index in [1.54, 1.807) is 12.3 Å². The van der Waals surface area contributed by atoms with Gasteiger partial charge in [-0.05, 0) is 49.3 Å². The number of carboxylic acid groups (broad SMARTS) is 1. The molecule has 0 radical (unpaired) electrons. The van der Waals surface area contributed by atoms with Crippen molar-refractivity contribution < 1.29 is 19.7 Å². The van der Waals surface area contributed by atoms with Gasteiger partial charge in [-0.1, -0.05) is 18.5 Å². The number of hydrogen-bond donors (Lipinski definition) is 2. The summed E-state index contributed by atoms with van der Waals surface area (Å²) in [6, 6.07) is 3.70. The van der Waals surface area contributed by atoms with E-state index in [-0.39, 0.29) is 23.5 Å². The number of aliphatic hydroxyl groups excluding tert-OH is 1. The zero-order valence-electron chi connectivity index (χ0n) is 15.2. The van der Waals surface area contributed by atoms with Crippen LogP contribution in [0.1, 0.15) is 56.7 Å². The van der Waals surface area contributed by atoms with E-state index in [1.807, 2.05) is 17.7 Å². The van der Waals surface area contributed by atoms with E-state index in [2.05, 4.69) is 5.10 Å². The summed E-state index contributed by atoms with van der Waals surface area (Å²) in [6.07, 6.45) is 5.76. The Morgan fingerprint density at radius 2 is 2.15 bits per heavy atom. The number of allylic oxidation sites excluding steroid dienone is 1. The number of benzene rings is 1. The quantitative estimate of drug-likeness (QED) is 0.786. The van der Waals surface area contributed by atoms with Crippen LogP contribution in [0.2, 0.25) is 5.02 Å². The second kappa shape index (κ2) is 7.17. The highest BCUT2D eigenvalue weighted by Crippen LogP contribution is 2.46. The molecule has 2 aromatic rings. The monoisotopic (exact) mass is 390 g/mol. The largest absolute Gasteiger partial charge is 0.512 e. The van der Waals surface area contributed by atoms with Crippen LogP contribution in [0.3, 0.4) is 0 Å². The van der Waals surface area contributed by atoms with E-state index in [1.165, 1.54) is 0 Å². The maximum absolute atomic E-state index is 11.9.